The van der Waals surface area contributed by atoms with E-state index in [2.05, 4.69) is 15.6 Å². The van der Waals surface area contributed by atoms with Crippen LogP contribution in [0.2, 0.25) is 0 Å². The summed E-state index contributed by atoms with van der Waals surface area (Å²) in [5.74, 6) is 1.05. The van der Waals surface area contributed by atoms with Crippen molar-refractivity contribution in [2.75, 3.05) is 11.9 Å². The molecule has 7 heteroatoms. The molecule has 0 saturated heterocycles. The summed E-state index contributed by atoms with van der Waals surface area (Å²) in [6.45, 7) is 4.55. The number of pyridine rings is 1. The van der Waals surface area contributed by atoms with E-state index in [1.165, 1.54) is 19.3 Å². The third-order valence-corrected chi connectivity index (χ3v) is 4.27. The molecule has 1 aliphatic rings. The van der Waals surface area contributed by atoms with Crippen molar-refractivity contribution in [2.24, 2.45) is 11.7 Å². The van der Waals surface area contributed by atoms with Crippen molar-refractivity contribution in [1.29, 1.82) is 0 Å². The van der Waals surface area contributed by atoms with E-state index in [-0.39, 0.29) is 42.8 Å². The first-order chi connectivity index (χ1) is 10.6. The fourth-order valence-corrected chi connectivity index (χ4v) is 3.13. The van der Waals surface area contributed by atoms with Gasteiger partial charge in [0.15, 0.2) is 0 Å². The highest BCUT2D eigenvalue weighted by Gasteiger charge is 2.25. The van der Waals surface area contributed by atoms with Crippen LogP contribution in [-0.2, 0) is 0 Å². The first-order valence-electron chi connectivity index (χ1n) is 8.34. The summed E-state index contributed by atoms with van der Waals surface area (Å²) in [6.07, 6.45) is 7.79. The van der Waals surface area contributed by atoms with Crippen molar-refractivity contribution < 1.29 is 4.79 Å². The SMILES string of the molecule is CC(C)Nc1ncccc1C(=O)NC(CN)C1CCCCC1.Cl.Cl. The number of nitrogens with zero attached hydrogens (tertiary/aromatic N) is 1. The molecule has 138 valence electrons. The van der Waals surface area contributed by atoms with Crippen LogP contribution in [0.1, 0.15) is 56.3 Å². The summed E-state index contributed by atoms with van der Waals surface area (Å²) >= 11 is 0. The van der Waals surface area contributed by atoms with Crippen LogP contribution in [0.5, 0.6) is 0 Å². The van der Waals surface area contributed by atoms with E-state index in [1.54, 1.807) is 12.3 Å². The first kappa shape index (κ1) is 23.0. The monoisotopic (exact) mass is 376 g/mol. The zero-order valence-corrected chi connectivity index (χ0v) is 16.1. The Hall–Kier alpha value is -1.04. The van der Waals surface area contributed by atoms with Crippen LogP contribution >= 0.6 is 24.8 Å². The molecular weight excluding hydrogens is 347 g/mol. The van der Waals surface area contributed by atoms with Crippen molar-refractivity contribution >= 4 is 36.5 Å². The highest BCUT2D eigenvalue weighted by Crippen LogP contribution is 2.26. The number of anilines is 1. The Morgan fingerprint density at radius 1 is 1.29 bits per heavy atom. The van der Waals surface area contributed by atoms with Gasteiger partial charge in [-0.3, -0.25) is 4.79 Å². The van der Waals surface area contributed by atoms with E-state index in [0.29, 0.717) is 23.8 Å². The van der Waals surface area contributed by atoms with Gasteiger partial charge in [0, 0.05) is 24.8 Å². The number of hydrogen-bond acceptors (Lipinski definition) is 4. The Morgan fingerprint density at radius 2 is 1.96 bits per heavy atom. The summed E-state index contributed by atoms with van der Waals surface area (Å²) in [5, 5.41) is 6.34. The van der Waals surface area contributed by atoms with Gasteiger partial charge >= 0.3 is 0 Å². The van der Waals surface area contributed by atoms with Gasteiger partial charge < -0.3 is 16.4 Å². The van der Waals surface area contributed by atoms with Gasteiger partial charge in [0.25, 0.3) is 5.91 Å². The standard InChI is InChI=1S/C17H28N4O.2ClH/c1-12(2)20-16-14(9-6-10-19-16)17(22)21-15(11-18)13-7-4-3-5-8-13;;/h6,9-10,12-13,15H,3-5,7-8,11,18H2,1-2H3,(H,19,20)(H,21,22);2*1H. The molecule has 1 aromatic rings. The number of hydrogen-bond donors (Lipinski definition) is 3. The summed E-state index contributed by atoms with van der Waals surface area (Å²) in [5.41, 5.74) is 6.49. The molecule has 1 unspecified atom stereocenters. The maximum Gasteiger partial charge on any atom is 0.255 e. The lowest BCUT2D eigenvalue weighted by Crippen LogP contribution is -2.46. The summed E-state index contributed by atoms with van der Waals surface area (Å²) < 4.78 is 0. The third kappa shape index (κ3) is 6.46. The molecule has 1 fully saturated rings. The van der Waals surface area contributed by atoms with E-state index in [1.807, 2.05) is 19.9 Å². The average Bonchev–Trinajstić information content (AvgIpc) is 2.53. The van der Waals surface area contributed by atoms with E-state index in [4.69, 9.17) is 5.73 Å². The van der Waals surface area contributed by atoms with Gasteiger partial charge in [-0.15, -0.1) is 24.8 Å². The number of amides is 1. The third-order valence-electron chi connectivity index (χ3n) is 4.27. The van der Waals surface area contributed by atoms with E-state index in [9.17, 15) is 4.79 Å². The van der Waals surface area contributed by atoms with Gasteiger partial charge in [-0.05, 0) is 44.7 Å². The van der Waals surface area contributed by atoms with Gasteiger partial charge in [0.1, 0.15) is 5.82 Å². The molecule has 0 aromatic carbocycles. The topological polar surface area (TPSA) is 80.0 Å². The zero-order valence-electron chi connectivity index (χ0n) is 14.5. The largest absolute Gasteiger partial charge is 0.367 e. The zero-order chi connectivity index (χ0) is 15.9. The van der Waals surface area contributed by atoms with Gasteiger partial charge in [0.05, 0.1) is 5.56 Å². The molecule has 1 saturated carbocycles. The first-order valence-corrected chi connectivity index (χ1v) is 8.34. The van der Waals surface area contributed by atoms with Crippen molar-refractivity contribution in [2.45, 2.75) is 58.0 Å². The van der Waals surface area contributed by atoms with Crippen LogP contribution in [0.15, 0.2) is 18.3 Å². The quantitative estimate of drug-likeness (QED) is 0.710. The van der Waals surface area contributed by atoms with Gasteiger partial charge in [-0.2, -0.15) is 0 Å². The molecule has 2 rings (SSSR count). The number of nitrogens with two attached hydrogens (primary N) is 1. The van der Waals surface area contributed by atoms with Crippen LogP contribution in [0.25, 0.3) is 0 Å². The van der Waals surface area contributed by atoms with Crippen molar-refractivity contribution in [3.63, 3.8) is 0 Å². The number of aromatic nitrogens is 1. The molecule has 1 amide bonds. The Bertz CT molecular complexity index is 493. The minimum atomic E-state index is -0.0859. The second-order valence-electron chi connectivity index (χ2n) is 6.41. The summed E-state index contributed by atoms with van der Waals surface area (Å²) in [7, 11) is 0. The highest BCUT2D eigenvalue weighted by atomic mass is 35.5. The predicted octanol–water partition coefficient (Wildman–Crippen LogP) is 3.38. The summed E-state index contributed by atoms with van der Waals surface area (Å²) in [4.78, 5) is 16.9. The molecule has 0 spiro atoms. The lowest BCUT2D eigenvalue weighted by atomic mass is 9.84. The number of carbonyl (C=O) groups excluding carboxylic acids is 1. The Balaban J connectivity index is 0.00000264. The maximum absolute atomic E-state index is 12.6. The van der Waals surface area contributed by atoms with Gasteiger partial charge in [-0.1, -0.05) is 19.3 Å². The molecular formula is C17H30Cl2N4O. The van der Waals surface area contributed by atoms with E-state index in [0.717, 1.165) is 12.8 Å². The molecule has 1 aromatic heterocycles. The Kier molecular flexibility index (Phi) is 11.0. The van der Waals surface area contributed by atoms with Gasteiger partial charge in [-0.25, -0.2) is 4.98 Å². The number of halogens is 2. The van der Waals surface area contributed by atoms with Crippen LogP contribution in [0.3, 0.4) is 0 Å². The molecule has 1 aliphatic carbocycles. The van der Waals surface area contributed by atoms with Crippen molar-refractivity contribution in [3.8, 4) is 0 Å². The van der Waals surface area contributed by atoms with Crippen molar-refractivity contribution in [1.82, 2.24) is 10.3 Å². The number of rotatable bonds is 6. The Labute approximate surface area is 157 Å². The fraction of sp³-hybridized carbons (Fsp3) is 0.647. The van der Waals surface area contributed by atoms with Crippen molar-refractivity contribution in [3.05, 3.63) is 23.9 Å². The molecule has 0 aliphatic heterocycles. The second-order valence-corrected chi connectivity index (χ2v) is 6.41. The number of carbonyl (C=O) groups is 1. The van der Waals surface area contributed by atoms with Crippen LogP contribution in [0, 0.1) is 5.92 Å². The van der Waals surface area contributed by atoms with Gasteiger partial charge in [0.2, 0.25) is 0 Å². The number of nitrogens with one attached hydrogen (secondary N) is 2. The average molecular weight is 377 g/mol. The fourth-order valence-electron chi connectivity index (χ4n) is 3.13. The van der Waals surface area contributed by atoms with Crippen LogP contribution in [0.4, 0.5) is 5.82 Å². The normalized spacial score (nSPS) is 15.8. The minimum absolute atomic E-state index is 0. The van der Waals surface area contributed by atoms with Crippen LogP contribution < -0.4 is 16.4 Å². The van der Waals surface area contributed by atoms with E-state index >= 15 is 0 Å². The lowest BCUT2D eigenvalue weighted by molar-refractivity contribution is 0.0916. The molecule has 24 heavy (non-hydrogen) atoms. The predicted molar refractivity (Wildman–Crippen MR) is 104 cm³/mol. The lowest BCUT2D eigenvalue weighted by Gasteiger charge is -2.30. The summed E-state index contributed by atoms with van der Waals surface area (Å²) in [6, 6.07) is 3.88. The van der Waals surface area contributed by atoms with Crippen LogP contribution in [-0.4, -0.2) is 29.5 Å². The molecule has 1 heterocycles. The van der Waals surface area contributed by atoms with E-state index < -0.39 is 0 Å². The second kappa shape index (κ2) is 11.5. The molecule has 0 radical (unpaired) electrons. The molecule has 1 atom stereocenters. The molecule has 0 bridgehead atoms. The smallest absolute Gasteiger partial charge is 0.255 e. The highest BCUT2D eigenvalue weighted by molar-refractivity contribution is 5.98. The maximum atomic E-state index is 12.6. The molecule has 5 nitrogen and oxygen atoms in total. The molecule has 4 N–H and O–H groups in total. The Morgan fingerprint density at radius 3 is 2.54 bits per heavy atom. The minimum Gasteiger partial charge on any atom is -0.367 e.